The third-order valence-corrected chi connectivity index (χ3v) is 6.90. The molecule has 2 aliphatic heterocycles. The molecular formula is C24H25BrN2O4. The average molecular weight is 485 g/mol. The van der Waals surface area contributed by atoms with Gasteiger partial charge < -0.3 is 15.3 Å². The van der Waals surface area contributed by atoms with Gasteiger partial charge in [0.15, 0.2) is 0 Å². The Labute approximate surface area is 189 Å². The summed E-state index contributed by atoms with van der Waals surface area (Å²) in [6, 6.07) is 15.5. The van der Waals surface area contributed by atoms with Crippen molar-refractivity contribution in [3.63, 3.8) is 0 Å². The Kier molecular flexibility index (Phi) is 6.41. The Hall–Kier alpha value is -2.67. The van der Waals surface area contributed by atoms with Gasteiger partial charge in [-0.15, -0.1) is 0 Å². The predicted octanol–water partition coefficient (Wildman–Crippen LogP) is 3.24. The molecular weight excluding hydrogens is 460 g/mol. The van der Waals surface area contributed by atoms with Gasteiger partial charge in [-0.05, 0) is 42.4 Å². The van der Waals surface area contributed by atoms with Crippen LogP contribution in [0.2, 0.25) is 0 Å². The van der Waals surface area contributed by atoms with Crippen LogP contribution in [-0.2, 0) is 27.2 Å². The molecule has 31 heavy (non-hydrogen) atoms. The van der Waals surface area contributed by atoms with E-state index >= 15 is 0 Å². The fourth-order valence-corrected chi connectivity index (χ4v) is 5.18. The van der Waals surface area contributed by atoms with Crippen molar-refractivity contribution in [1.29, 1.82) is 0 Å². The monoisotopic (exact) mass is 484 g/mol. The highest BCUT2D eigenvalue weighted by Gasteiger charge is 2.44. The number of hydrogen-bond acceptors (Lipinski definition) is 3. The molecule has 2 heterocycles. The molecule has 4 rings (SSSR count). The molecule has 0 aromatic heterocycles. The topological polar surface area (TPSA) is 86.7 Å². The minimum absolute atomic E-state index is 0.274. The molecule has 0 saturated carbocycles. The van der Waals surface area contributed by atoms with Crippen LogP contribution in [0.1, 0.15) is 42.0 Å². The van der Waals surface area contributed by atoms with E-state index in [-0.39, 0.29) is 17.9 Å². The lowest BCUT2D eigenvalue weighted by Crippen LogP contribution is -2.56. The summed E-state index contributed by atoms with van der Waals surface area (Å²) in [4.78, 5) is 39.4. The number of carbonyl (C=O) groups excluding carboxylic acids is 2. The summed E-state index contributed by atoms with van der Waals surface area (Å²) in [7, 11) is 0. The standard InChI is InChI=1S/C24H25BrN2O4/c25-18(13-15-7-2-1-3-8-15)22(28)26-19-14-16-9-4-5-10-17(16)20-11-6-12-21(24(30)31)27(20)23(19)29/h1-5,7-10,18-21H,6,11-14H2,(H,26,28)(H,30,31)/t18-,19+,20-,21+/m1/s1. The molecule has 0 bridgehead atoms. The molecule has 0 spiro atoms. The minimum atomic E-state index is -0.995. The van der Waals surface area contributed by atoms with Crippen molar-refractivity contribution in [3.8, 4) is 0 Å². The van der Waals surface area contributed by atoms with Crippen LogP contribution in [-0.4, -0.2) is 44.7 Å². The van der Waals surface area contributed by atoms with E-state index in [1.54, 1.807) is 0 Å². The van der Waals surface area contributed by atoms with Crippen molar-refractivity contribution in [2.24, 2.45) is 0 Å². The smallest absolute Gasteiger partial charge is 0.326 e. The van der Waals surface area contributed by atoms with Crippen molar-refractivity contribution in [1.82, 2.24) is 10.2 Å². The van der Waals surface area contributed by atoms with Gasteiger partial charge in [0.25, 0.3) is 0 Å². The Balaban J connectivity index is 1.59. The first kappa shape index (κ1) is 21.6. The maximum atomic E-state index is 13.5. The van der Waals surface area contributed by atoms with Crippen molar-refractivity contribution in [3.05, 3.63) is 71.3 Å². The van der Waals surface area contributed by atoms with E-state index in [9.17, 15) is 19.5 Å². The van der Waals surface area contributed by atoms with Crippen LogP contribution < -0.4 is 5.32 Å². The second-order valence-corrected chi connectivity index (χ2v) is 9.27. The number of nitrogens with zero attached hydrogens (tertiary/aromatic N) is 1. The number of fused-ring (bicyclic) bond motifs is 3. The highest BCUT2D eigenvalue weighted by Crippen LogP contribution is 2.39. The van der Waals surface area contributed by atoms with Gasteiger partial charge in [-0.2, -0.15) is 0 Å². The molecule has 2 aromatic rings. The molecule has 2 amide bonds. The first-order valence-electron chi connectivity index (χ1n) is 10.6. The molecule has 4 atom stereocenters. The summed E-state index contributed by atoms with van der Waals surface area (Å²) in [5.41, 5.74) is 2.98. The number of piperidine rings is 1. The van der Waals surface area contributed by atoms with Gasteiger partial charge in [0.05, 0.1) is 10.9 Å². The molecule has 1 saturated heterocycles. The minimum Gasteiger partial charge on any atom is -0.480 e. The van der Waals surface area contributed by atoms with E-state index in [0.29, 0.717) is 19.3 Å². The summed E-state index contributed by atoms with van der Waals surface area (Å²) in [5.74, 6) is -1.59. The van der Waals surface area contributed by atoms with Crippen LogP contribution in [0.25, 0.3) is 0 Å². The second kappa shape index (κ2) is 9.22. The van der Waals surface area contributed by atoms with E-state index in [2.05, 4.69) is 21.2 Å². The van der Waals surface area contributed by atoms with Gasteiger partial charge in [-0.25, -0.2) is 4.79 Å². The number of halogens is 1. The lowest BCUT2D eigenvalue weighted by molar-refractivity contribution is -0.156. The largest absolute Gasteiger partial charge is 0.480 e. The maximum Gasteiger partial charge on any atom is 0.326 e. The summed E-state index contributed by atoms with van der Waals surface area (Å²) < 4.78 is 0. The van der Waals surface area contributed by atoms with Gasteiger partial charge in [0, 0.05) is 6.42 Å². The molecule has 7 heteroatoms. The SMILES string of the molecule is O=C(N[C@H]1Cc2ccccc2[C@H]2CCC[C@@H](C(=O)O)N2C1=O)[C@H](Br)Cc1ccccc1. The number of nitrogens with one attached hydrogen (secondary N) is 1. The van der Waals surface area contributed by atoms with E-state index in [1.165, 1.54) is 4.90 Å². The first-order chi connectivity index (χ1) is 15.0. The first-order valence-corrected chi connectivity index (χ1v) is 11.5. The van der Waals surface area contributed by atoms with E-state index < -0.39 is 22.9 Å². The summed E-state index contributed by atoms with van der Waals surface area (Å²) in [6.45, 7) is 0. The molecule has 0 unspecified atom stereocenters. The highest BCUT2D eigenvalue weighted by atomic mass is 79.9. The van der Waals surface area contributed by atoms with Crippen LogP contribution in [0.3, 0.4) is 0 Å². The van der Waals surface area contributed by atoms with Crippen molar-refractivity contribution < 1.29 is 19.5 Å². The second-order valence-electron chi connectivity index (χ2n) is 8.17. The Morgan fingerprint density at radius 2 is 1.81 bits per heavy atom. The van der Waals surface area contributed by atoms with E-state index in [0.717, 1.165) is 29.5 Å². The molecule has 1 fully saturated rings. The number of hydrogen-bond donors (Lipinski definition) is 2. The Bertz CT molecular complexity index is 981. The molecule has 0 radical (unpaired) electrons. The Morgan fingerprint density at radius 1 is 1.10 bits per heavy atom. The molecule has 2 aliphatic rings. The normalized spacial score (nSPS) is 23.8. The Morgan fingerprint density at radius 3 is 2.55 bits per heavy atom. The van der Waals surface area contributed by atoms with Crippen molar-refractivity contribution >= 4 is 33.7 Å². The molecule has 2 N–H and O–H groups in total. The fourth-order valence-electron chi connectivity index (χ4n) is 4.68. The van der Waals surface area contributed by atoms with Crippen LogP contribution in [0, 0.1) is 0 Å². The number of carboxylic acid groups (broad SMARTS) is 1. The number of amides is 2. The summed E-state index contributed by atoms with van der Waals surface area (Å²) >= 11 is 3.45. The van der Waals surface area contributed by atoms with Crippen LogP contribution in [0.4, 0.5) is 0 Å². The number of carbonyl (C=O) groups is 3. The number of aliphatic carboxylic acids is 1. The third-order valence-electron chi connectivity index (χ3n) is 6.16. The highest BCUT2D eigenvalue weighted by molar-refractivity contribution is 9.10. The molecule has 2 aromatic carbocycles. The number of benzene rings is 2. The zero-order valence-corrected chi connectivity index (χ0v) is 18.6. The molecule has 162 valence electrons. The maximum absolute atomic E-state index is 13.5. The molecule has 0 aliphatic carbocycles. The lowest BCUT2D eigenvalue weighted by Gasteiger charge is -2.40. The van der Waals surface area contributed by atoms with Gasteiger partial charge in [0.1, 0.15) is 12.1 Å². The fraction of sp³-hybridized carbons (Fsp3) is 0.375. The molecule has 6 nitrogen and oxygen atoms in total. The quantitative estimate of drug-likeness (QED) is 0.637. The zero-order chi connectivity index (χ0) is 22.0. The number of rotatable bonds is 5. The number of carboxylic acids is 1. The van der Waals surface area contributed by atoms with Gasteiger partial charge >= 0.3 is 5.97 Å². The predicted molar refractivity (Wildman–Crippen MR) is 120 cm³/mol. The summed E-state index contributed by atoms with van der Waals surface area (Å²) in [6.07, 6.45) is 2.74. The van der Waals surface area contributed by atoms with Crippen molar-refractivity contribution in [2.45, 2.75) is 55.1 Å². The van der Waals surface area contributed by atoms with Gasteiger partial charge in [0.2, 0.25) is 11.8 Å². The van der Waals surface area contributed by atoms with Gasteiger partial charge in [-0.3, -0.25) is 9.59 Å². The zero-order valence-electron chi connectivity index (χ0n) is 17.0. The van der Waals surface area contributed by atoms with Crippen LogP contribution >= 0.6 is 15.9 Å². The van der Waals surface area contributed by atoms with Crippen molar-refractivity contribution in [2.75, 3.05) is 0 Å². The number of alkyl halides is 1. The van der Waals surface area contributed by atoms with Gasteiger partial charge in [-0.1, -0.05) is 70.5 Å². The van der Waals surface area contributed by atoms with Crippen LogP contribution in [0.15, 0.2) is 54.6 Å². The third kappa shape index (κ3) is 4.51. The summed E-state index contributed by atoms with van der Waals surface area (Å²) in [5, 5.41) is 12.7. The van der Waals surface area contributed by atoms with E-state index in [4.69, 9.17) is 0 Å². The van der Waals surface area contributed by atoms with Crippen LogP contribution in [0.5, 0.6) is 0 Å². The average Bonchev–Trinajstić information content (AvgIpc) is 2.89. The van der Waals surface area contributed by atoms with E-state index in [1.807, 2.05) is 54.6 Å². The lowest BCUT2D eigenvalue weighted by atomic mass is 9.89.